The smallest absolute Gasteiger partial charge is 0.483 e. The number of ether oxygens (including phenoxy) is 2. The molecular formula is C29H32F5N5O2. The molecule has 0 radical (unpaired) electrons. The number of rotatable bonds is 6. The van der Waals surface area contributed by atoms with Crippen LogP contribution in [-0.4, -0.2) is 60.1 Å². The number of nitrogens with zero attached hydrogens (tertiary/aromatic N) is 4. The lowest BCUT2D eigenvalue weighted by atomic mass is 9.89. The zero-order valence-corrected chi connectivity index (χ0v) is 23.2. The van der Waals surface area contributed by atoms with Crippen LogP contribution in [0, 0.1) is 11.6 Å². The first-order chi connectivity index (χ1) is 19.4. The van der Waals surface area contributed by atoms with Gasteiger partial charge in [0, 0.05) is 17.3 Å². The van der Waals surface area contributed by atoms with Crippen molar-refractivity contribution >= 4 is 17.3 Å². The largest absolute Gasteiger partial charge is 0.573 e. The third-order valence-corrected chi connectivity index (χ3v) is 7.40. The summed E-state index contributed by atoms with van der Waals surface area (Å²) in [6.07, 6.45) is -2.76. The second-order valence-corrected chi connectivity index (χ2v) is 10.9. The summed E-state index contributed by atoms with van der Waals surface area (Å²) in [7, 11) is 2.04. The van der Waals surface area contributed by atoms with Crippen LogP contribution in [0.2, 0.25) is 0 Å². The second kappa shape index (κ2) is 11.3. The van der Waals surface area contributed by atoms with Crippen LogP contribution in [0.4, 0.5) is 39.3 Å². The highest BCUT2D eigenvalue weighted by molar-refractivity contribution is 5.77. The summed E-state index contributed by atoms with van der Waals surface area (Å²) in [5.41, 5.74) is 1.12. The Labute approximate surface area is 235 Å². The quantitative estimate of drug-likeness (QED) is 0.321. The minimum Gasteiger partial charge on any atom is -0.483 e. The lowest BCUT2D eigenvalue weighted by molar-refractivity contribution is -0.275. The number of piperidine rings is 1. The first-order valence-electron chi connectivity index (χ1n) is 13.5. The molecular weight excluding hydrogens is 545 g/mol. The molecule has 5 rings (SSSR count). The summed E-state index contributed by atoms with van der Waals surface area (Å²) >= 11 is 0. The van der Waals surface area contributed by atoms with E-state index in [0.717, 1.165) is 38.2 Å². The molecule has 1 N–H and O–H groups in total. The molecule has 1 aromatic heterocycles. The fourth-order valence-corrected chi connectivity index (χ4v) is 5.37. The van der Waals surface area contributed by atoms with Crippen molar-refractivity contribution in [2.24, 2.45) is 0 Å². The molecule has 7 nitrogen and oxygen atoms in total. The van der Waals surface area contributed by atoms with Crippen molar-refractivity contribution in [3.05, 3.63) is 53.7 Å². The van der Waals surface area contributed by atoms with Gasteiger partial charge in [-0.3, -0.25) is 0 Å². The van der Waals surface area contributed by atoms with Crippen LogP contribution in [0.15, 0.2) is 36.5 Å². The molecule has 0 aliphatic carbocycles. The van der Waals surface area contributed by atoms with Crippen molar-refractivity contribution in [2.45, 2.75) is 58.0 Å². The fourth-order valence-electron chi connectivity index (χ4n) is 5.37. The SMILES string of the molecule is CC1CN(C(C)C)c2cc(-c3nc(Nc4ccc(C5CCN(C)CC5)c(F)c4)ncc3F)cc(OC(F)(F)F)c2O1. The lowest BCUT2D eigenvalue weighted by Gasteiger charge is -2.38. The topological polar surface area (TPSA) is 62.8 Å². The Morgan fingerprint density at radius 2 is 1.80 bits per heavy atom. The number of aromatic nitrogens is 2. The normalized spacial score (nSPS) is 18.3. The Bertz CT molecular complexity index is 1410. The van der Waals surface area contributed by atoms with Crippen molar-refractivity contribution < 1.29 is 31.4 Å². The average molecular weight is 578 g/mol. The molecule has 2 aromatic carbocycles. The molecule has 2 aliphatic rings. The predicted octanol–water partition coefficient (Wildman–Crippen LogP) is 6.87. The van der Waals surface area contributed by atoms with E-state index in [4.69, 9.17) is 4.74 Å². The van der Waals surface area contributed by atoms with Crippen LogP contribution >= 0.6 is 0 Å². The van der Waals surface area contributed by atoms with Crippen molar-refractivity contribution in [3.8, 4) is 22.8 Å². The Morgan fingerprint density at radius 3 is 2.46 bits per heavy atom. The summed E-state index contributed by atoms with van der Waals surface area (Å²) in [6, 6.07) is 7.26. The molecule has 1 unspecified atom stereocenters. The van der Waals surface area contributed by atoms with E-state index in [9.17, 15) is 13.2 Å². The molecule has 12 heteroatoms. The molecule has 0 saturated carbocycles. The standard InChI is InChI=1S/C29H32F5N5O2/c1-16(2)39-15-17(3)40-27-24(39)11-19(12-25(27)41-29(32,33)34)26-23(31)14-35-28(37-26)36-20-5-6-21(22(30)13-20)18-7-9-38(4)10-8-18/h5-6,11-14,16-18H,7-10,15H2,1-4H3,(H,35,36,37). The lowest BCUT2D eigenvalue weighted by Crippen LogP contribution is -2.42. The van der Waals surface area contributed by atoms with Crippen LogP contribution < -0.4 is 19.7 Å². The van der Waals surface area contributed by atoms with E-state index in [2.05, 4.69) is 24.9 Å². The number of hydrogen-bond donors (Lipinski definition) is 1. The van der Waals surface area contributed by atoms with E-state index in [-0.39, 0.29) is 40.7 Å². The third-order valence-electron chi connectivity index (χ3n) is 7.40. The number of anilines is 3. The maximum absolute atomic E-state index is 15.0. The first kappa shape index (κ1) is 28.8. The molecule has 1 saturated heterocycles. The molecule has 220 valence electrons. The molecule has 3 heterocycles. The van der Waals surface area contributed by atoms with Gasteiger partial charge in [-0.05, 0) is 89.5 Å². The van der Waals surface area contributed by atoms with E-state index < -0.39 is 24.0 Å². The van der Waals surface area contributed by atoms with Gasteiger partial charge in [0.2, 0.25) is 5.95 Å². The minimum atomic E-state index is -5.00. The molecule has 41 heavy (non-hydrogen) atoms. The van der Waals surface area contributed by atoms with E-state index in [1.54, 1.807) is 19.1 Å². The number of halogens is 5. The summed E-state index contributed by atoms with van der Waals surface area (Å²) in [5, 5.41) is 2.88. The fraction of sp³-hybridized carbons (Fsp3) is 0.448. The molecule has 3 aromatic rings. The van der Waals surface area contributed by atoms with Crippen LogP contribution in [-0.2, 0) is 0 Å². The van der Waals surface area contributed by atoms with Crippen molar-refractivity contribution in [2.75, 3.05) is 36.9 Å². The molecule has 0 amide bonds. The Hall–Kier alpha value is -3.67. The van der Waals surface area contributed by atoms with Gasteiger partial charge in [0.25, 0.3) is 0 Å². The number of benzene rings is 2. The minimum absolute atomic E-state index is 0.0403. The van der Waals surface area contributed by atoms with Gasteiger partial charge in [-0.15, -0.1) is 13.2 Å². The number of alkyl halides is 3. The highest BCUT2D eigenvalue weighted by Crippen LogP contribution is 2.47. The maximum Gasteiger partial charge on any atom is 0.573 e. The van der Waals surface area contributed by atoms with Gasteiger partial charge < -0.3 is 24.6 Å². The molecule has 1 fully saturated rings. The highest BCUT2D eigenvalue weighted by atomic mass is 19.4. The van der Waals surface area contributed by atoms with Crippen molar-refractivity contribution in [3.63, 3.8) is 0 Å². The monoisotopic (exact) mass is 577 g/mol. The second-order valence-electron chi connectivity index (χ2n) is 10.9. The van der Waals surface area contributed by atoms with Gasteiger partial charge >= 0.3 is 6.36 Å². The predicted molar refractivity (Wildman–Crippen MR) is 146 cm³/mol. The molecule has 0 spiro atoms. The third kappa shape index (κ3) is 6.47. The zero-order chi connectivity index (χ0) is 29.5. The maximum atomic E-state index is 15.0. The number of fused-ring (bicyclic) bond motifs is 1. The zero-order valence-electron chi connectivity index (χ0n) is 23.2. The van der Waals surface area contributed by atoms with Gasteiger partial charge in [-0.2, -0.15) is 0 Å². The Morgan fingerprint density at radius 1 is 1.07 bits per heavy atom. The number of likely N-dealkylation sites (tertiary alicyclic amines) is 1. The summed E-state index contributed by atoms with van der Waals surface area (Å²) in [6.45, 7) is 7.74. The van der Waals surface area contributed by atoms with Crippen molar-refractivity contribution in [1.82, 2.24) is 14.9 Å². The average Bonchev–Trinajstić information content (AvgIpc) is 2.89. The summed E-state index contributed by atoms with van der Waals surface area (Å²) < 4.78 is 80.2. The van der Waals surface area contributed by atoms with E-state index >= 15 is 8.78 Å². The van der Waals surface area contributed by atoms with E-state index in [1.807, 2.05) is 25.8 Å². The molecule has 0 bridgehead atoms. The Balaban J connectivity index is 1.48. The van der Waals surface area contributed by atoms with Crippen LogP contribution in [0.3, 0.4) is 0 Å². The first-order valence-corrected chi connectivity index (χ1v) is 13.5. The highest BCUT2D eigenvalue weighted by Gasteiger charge is 2.36. The van der Waals surface area contributed by atoms with Crippen LogP contribution in [0.5, 0.6) is 11.5 Å². The van der Waals surface area contributed by atoms with Crippen LogP contribution in [0.1, 0.15) is 45.1 Å². The van der Waals surface area contributed by atoms with Gasteiger partial charge in [-0.25, -0.2) is 18.7 Å². The van der Waals surface area contributed by atoms with Gasteiger partial charge in [0.15, 0.2) is 17.3 Å². The van der Waals surface area contributed by atoms with Crippen LogP contribution in [0.25, 0.3) is 11.3 Å². The van der Waals surface area contributed by atoms with Crippen molar-refractivity contribution in [1.29, 1.82) is 0 Å². The van der Waals surface area contributed by atoms with Gasteiger partial charge in [0.1, 0.15) is 17.6 Å². The summed E-state index contributed by atoms with van der Waals surface area (Å²) in [5.74, 6) is -1.80. The van der Waals surface area contributed by atoms with E-state index in [0.29, 0.717) is 23.5 Å². The summed E-state index contributed by atoms with van der Waals surface area (Å²) in [4.78, 5) is 12.3. The number of hydrogen-bond acceptors (Lipinski definition) is 7. The van der Waals surface area contributed by atoms with Gasteiger partial charge in [-0.1, -0.05) is 6.07 Å². The Kier molecular flexibility index (Phi) is 7.95. The molecule has 2 aliphatic heterocycles. The number of nitrogens with one attached hydrogen (secondary N) is 1. The molecule has 1 atom stereocenters. The van der Waals surface area contributed by atoms with Gasteiger partial charge in [0.05, 0.1) is 18.4 Å². The van der Waals surface area contributed by atoms with E-state index in [1.165, 1.54) is 12.1 Å².